The fraction of sp³-hybridized carbons (Fsp3) is 0.500. The van der Waals surface area contributed by atoms with Gasteiger partial charge >= 0.3 is 23.9 Å². The third kappa shape index (κ3) is 7.42. The summed E-state index contributed by atoms with van der Waals surface area (Å²) < 4.78 is 21.0. The van der Waals surface area contributed by atoms with Gasteiger partial charge in [0.05, 0.1) is 11.5 Å². The molecule has 4 atom stereocenters. The normalized spacial score (nSPS) is 27.0. The standard InChI is InChI=1S/C24H30O9/c1-13-7-6-8-18(11-30-16(4)25)10-21-22(15(3)24(29)33-21)20(9-13)32-23(28)14(2)19(27)12-31-17(5)26/h7,10,19-22,27H,2-3,6,8-9,11-12H2,1,4-5H3/b13-7+,18-10+/t19-,20-,21-,22+/m0/s1. The summed E-state index contributed by atoms with van der Waals surface area (Å²) in [6.45, 7) is 11.4. The maximum absolute atomic E-state index is 12.7. The van der Waals surface area contributed by atoms with Crippen LogP contribution in [0.4, 0.5) is 0 Å². The minimum absolute atomic E-state index is 0.0546. The van der Waals surface area contributed by atoms with Crippen LogP contribution in [0.25, 0.3) is 0 Å². The number of aliphatic hydroxyl groups is 1. The van der Waals surface area contributed by atoms with Gasteiger partial charge in [-0.3, -0.25) is 9.59 Å². The molecule has 0 unspecified atom stereocenters. The second-order valence-corrected chi connectivity index (χ2v) is 8.11. The highest BCUT2D eigenvalue weighted by Crippen LogP contribution is 2.36. The summed E-state index contributed by atoms with van der Waals surface area (Å²) in [6, 6.07) is 0. The Morgan fingerprint density at radius 1 is 1.24 bits per heavy atom. The SMILES string of the molecule is C=C1C(=O)O[C@H]2/C=C(/COC(C)=O)CC/C=C(\C)C[C@H](OC(=O)C(=C)[C@@H](O)COC(C)=O)[C@@H]12. The Morgan fingerprint density at radius 3 is 2.55 bits per heavy atom. The molecule has 0 spiro atoms. The number of carbonyl (C=O) groups is 4. The molecule has 2 aliphatic rings. The number of hydrogen-bond acceptors (Lipinski definition) is 9. The Kier molecular flexibility index (Phi) is 9.16. The predicted octanol–water partition coefficient (Wildman–Crippen LogP) is 2.10. The molecule has 33 heavy (non-hydrogen) atoms. The van der Waals surface area contributed by atoms with Gasteiger partial charge in [0.2, 0.25) is 0 Å². The lowest BCUT2D eigenvalue weighted by Gasteiger charge is -2.28. The van der Waals surface area contributed by atoms with Crippen LogP contribution < -0.4 is 0 Å². The third-order valence-electron chi connectivity index (χ3n) is 5.37. The zero-order valence-electron chi connectivity index (χ0n) is 19.1. The summed E-state index contributed by atoms with van der Waals surface area (Å²) in [5, 5.41) is 10.1. The van der Waals surface area contributed by atoms with E-state index in [1.54, 1.807) is 6.08 Å². The molecule has 1 aliphatic carbocycles. The summed E-state index contributed by atoms with van der Waals surface area (Å²) in [5.74, 6) is -3.22. The number of esters is 4. The molecule has 0 amide bonds. The maximum Gasteiger partial charge on any atom is 0.336 e. The van der Waals surface area contributed by atoms with Crippen molar-refractivity contribution >= 4 is 23.9 Å². The zero-order chi connectivity index (χ0) is 24.7. The van der Waals surface area contributed by atoms with Crippen LogP contribution >= 0.6 is 0 Å². The second-order valence-electron chi connectivity index (χ2n) is 8.11. The van der Waals surface area contributed by atoms with Gasteiger partial charge in [0.15, 0.2) is 0 Å². The second kappa shape index (κ2) is 11.6. The fourth-order valence-electron chi connectivity index (χ4n) is 3.60. The highest BCUT2D eigenvalue weighted by Gasteiger charge is 2.44. The van der Waals surface area contributed by atoms with Crippen molar-refractivity contribution in [1.82, 2.24) is 0 Å². The molecule has 0 radical (unpaired) electrons. The molecular formula is C24H30O9. The van der Waals surface area contributed by atoms with Crippen LogP contribution in [-0.4, -0.2) is 60.5 Å². The lowest BCUT2D eigenvalue weighted by molar-refractivity contribution is -0.151. The molecule has 1 saturated heterocycles. The zero-order valence-corrected chi connectivity index (χ0v) is 19.1. The number of rotatable bonds is 7. The van der Waals surface area contributed by atoms with Gasteiger partial charge in [0.25, 0.3) is 0 Å². The van der Waals surface area contributed by atoms with E-state index in [9.17, 15) is 24.3 Å². The molecule has 1 N–H and O–H groups in total. The van der Waals surface area contributed by atoms with Crippen molar-refractivity contribution in [2.75, 3.05) is 13.2 Å². The van der Waals surface area contributed by atoms with Crippen molar-refractivity contribution in [3.63, 3.8) is 0 Å². The quantitative estimate of drug-likeness (QED) is 0.262. The number of aliphatic hydroxyl groups excluding tert-OH is 1. The van der Waals surface area contributed by atoms with Crippen LogP contribution in [0, 0.1) is 5.92 Å². The van der Waals surface area contributed by atoms with E-state index in [0.717, 1.165) is 11.1 Å². The molecule has 1 fully saturated rings. The Hall–Kier alpha value is -3.20. The first-order valence-corrected chi connectivity index (χ1v) is 10.6. The number of carbonyl (C=O) groups excluding carboxylic acids is 4. The first-order valence-electron chi connectivity index (χ1n) is 10.6. The molecule has 0 aromatic carbocycles. The number of hydrogen-bond donors (Lipinski definition) is 1. The molecule has 0 aromatic rings. The molecule has 9 heteroatoms. The summed E-state index contributed by atoms with van der Waals surface area (Å²) in [7, 11) is 0. The van der Waals surface area contributed by atoms with Crippen molar-refractivity contribution in [2.24, 2.45) is 5.92 Å². The van der Waals surface area contributed by atoms with Gasteiger partial charge < -0.3 is 24.1 Å². The molecule has 1 heterocycles. The van der Waals surface area contributed by atoms with E-state index in [1.165, 1.54) is 13.8 Å². The van der Waals surface area contributed by atoms with Gasteiger partial charge in [-0.1, -0.05) is 24.8 Å². The summed E-state index contributed by atoms with van der Waals surface area (Å²) >= 11 is 0. The predicted molar refractivity (Wildman–Crippen MR) is 116 cm³/mol. The van der Waals surface area contributed by atoms with Crippen LogP contribution in [0.5, 0.6) is 0 Å². The molecule has 0 aromatic heterocycles. The van der Waals surface area contributed by atoms with E-state index in [1.807, 2.05) is 13.0 Å². The molecule has 180 valence electrons. The minimum Gasteiger partial charge on any atom is -0.463 e. The highest BCUT2D eigenvalue weighted by atomic mass is 16.6. The summed E-state index contributed by atoms with van der Waals surface area (Å²) in [6.07, 6.45) is 2.22. The van der Waals surface area contributed by atoms with Gasteiger partial charge in [-0.05, 0) is 31.4 Å². The van der Waals surface area contributed by atoms with E-state index >= 15 is 0 Å². The van der Waals surface area contributed by atoms with Gasteiger partial charge in [-0.2, -0.15) is 0 Å². The van der Waals surface area contributed by atoms with Crippen LogP contribution in [0.15, 0.2) is 47.6 Å². The van der Waals surface area contributed by atoms with Crippen molar-refractivity contribution in [1.29, 1.82) is 0 Å². The Bertz CT molecular complexity index is 896. The van der Waals surface area contributed by atoms with Crippen LogP contribution in [-0.2, 0) is 38.1 Å². The third-order valence-corrected chi connectivity index (χ3v) is 5.37. The largest absolute Gasteiger partial charge is 0.463 e. The van der Waals surface area contributed by atoms with Crippen LogP contribution in [0.1, 0.15) is 40.0 Å². The topological polar surface area (TPSA) is 125 Å². The van der Waals surface area contributed by atoms with Gasteiger partial charge in [0, 0.05) is 25.8 Å². The summed E-state index contributed by atoms with van der Waals surface area (Å²) in [4.78, 5) is 47.2. The minimum atomic E-state index is -1.44. The average molecular weight is 462 g/mol. The molecule has 9 nitrogen and oxygen atoms in total. The first-order chi connectivity index (χ1) is 15.5. The highest BCUT2D eigenvalue weighted by molar-refractivity contribution is 5.92. The van der Waals surface area contributed by atoms with E-state index < -0.39 is 54.7 Å². The lowest BCUT2D eigenvalue weighted by Crippen LogP contribution is -2.35. The average Bonchev–Trinajstić information content (AvgIpc) is 3.01. The maximum atomic E-state index is 12.7. The molecule has 1 aliphatic heterocycles. The van der Waals surface area contributed by atoms with E-state index in [4.69, 9.17) is 18.9 Å². The Morgan fingerprint density at radius 2 is 1.91 bits per heavy atom. The lowest BCUT2D eigenvalue weighted by atomic mass is 9.85. The van der Waals surface area contributed by atoms with Crippen molar-refractivity contribution in [3.05, 3.63) is 47.6 Å². The smallest absolute Gasteiger partial charge is 0.336 e. The number of allylic oxidation sites excluding steroid dienone is 1. The Balaban J connectivity index is 2.29. The molecule has 0 saturated carbocycles. The van der Waals surface area contributed by atoms with Gasteiger partial charge in [-0.25, -0.2) is 9.59 Å². The number of ether oxygens (including phenoxy) is 4. The van der Waals surface area contributed by atoms with E-state index in [2.05, 4.69) is 13.2 Å². The van der Waals surface area contributed by atoms with Crippen LogP contribution in [0.2, 0.25) is 0 Å². The summed E-state index contributed by atoms with van der Waals surface area (Å²) in [5.41, 5.74) is 1.55. The van der Waals surface area contributed by atoms with Crippen LogP contribution in [0.3, 0.4) is 0 Å². The monoisotopic (exact) mass is 462 g/mol. The van der Waals surface area contributed by atoms with Crippen molar-refractivity contribution in [3.8, 4) is 0 Å². The Labute approximate surface area is 192 Å². The van der Waals surface area contributed by atoms with Crippen molar-refractivity contribution < 1.29 is 43.2 Å². The number of fused-ring (bicyclic) bond motifs is 1. The van der Waals surface area contributed by atoms with Gasteiger partial charge in [-0.15, -0.1) is 0 Å². The fourth-order valence-corrected chi connectivity index (χ4v) is 3.60. The van der Waals surface area contributed by atoms with E-state index in [-0.39, 0.29) is 17.8 Å². The molecule has 2 rings (SSSR count). The molecular weight excluding hydrogens is 432 g/mol. The molecule has 0 bridgehead atoms. The first kappa shape index (κ1) is 26.1. The van der Waals surface area contributed by atoms with Crippen molar-refractivity contribution in [2.45, 2.75) is 58.3 Å². The van der Waals surface area contributed by atoms with E-state index in [0.29, 0.717) is 19.3 Å². The van der Waals surface area contributed by atoms with Gasteiger partial charge in [0.1, 0.15) is 31.5 Å².